The molecule has 3 rings (SSSR count). The van der Waals surface area contributed by atoms with Crippen molar-refractivity contribution in [2.45, 2.75) is 44.6 Å². The van der Waals surface area contributed by atoms with Gasteiger partial charge in [0.1, 0.15) is 5.75 Å². The van der Waals surface area contributed by atoms with Crippen molar-refractivity contribution in [3.8, 4) is 5.75 Å². The SMILES string of the molecule is O=C1COc2ccc(C(=O)NCCNC3CCCCCC3)cc2N1. The molecule has 1 saturated carbocycles. The van der Waals surface area contributed by atoms with Gasteiger partial charge in [-0.15, -0.1) is 0 Å². The molecule has 130 valence electrons. The molecular weight excluding hydrogens is 306 g/mol. The van der Waals surface area contributed by atoms with Gasteiger partial charge in [0.25, 0.3) is 11.8 Å². The first-order valence-corrected chi connectivity index (χ1v) is 8.80. The predicted molar refractivity (Wildman–Crippen MR) is 92.4 cm³/mol. The van der Waals surface area contributed by atoms with E-state index >= 15 is 0 Å². The van der Waals surface area contributed by atoms with Gasteiger partial charge in [-0.25, -0.2) is 0 Å². The minimum absolute atomic E-state index is 0.0192. The molecule has 0 spiro atoms. The Bertz CT molecular complexity index is 595. The van der Waals surface area contributed by atoms with Crippen molar-refractivity contribution >= 4 is 17.5 Å². The van der Waals surface area contributed by atoms with E-state index in [1.165, 1.54) is 38.5 Å². The van der Waals surface area contributed by atoms with Crippen LogP contribution in [-0.2, 0) is 4.79 Å². The van der Waals surface area contributed by atoms with E-state index in [-0.39, 0.29) is 18.4 Å². The molecule has 6 nitrogen and oxygen atoms in total. The van der Waals surface area contributed by atoms with Crippen LogP contribution >= 0.6 is 0 Å². The number of benzene rings is 1. The average molecular weight is 331 g/mol. The van der Waals surface area contributed by atoms with E-state index in [2.05, 4.69) is 16.0 Å². The van der Waals surface area contributed by atoms with Gasteiger partial charge >= 0.3 is 0 Å². The van der Waals surface area contributed by atoms with Gasteiger partial charge in [0, 0.05) is 24.7 Å². The average Bonchev–Trinajstić information content (AvgIpc) is 2.86. The molecule has 1 aliphatic heterocycles. The van der Waals surface area contributed by atoms with Crippen molar-refractivity contribution in [1.29, 1.82) is 0 Å². The van der Waals surface area contributed by atoms with Crippen LogP contribution in [0.5, 0.6) is 5.75 Å². The number of carbonyl (C=O) groups is 2. The highest BCUT2D eigenvalue weighted by Gasteiger charge is 2.17. The zero-order valence-electron chi connectivity index (χ0n) is 13.9. The quantitative estimate of drug-likeness (QED) is 0.570. The normalized spacial score (nSPS) is 18.1. The largest absolute Gasteiger partial charge is 0.482 e. The van der Waals surface area contributed by atoms with Gasteiger partial charge in [-0.2, -0.15) is 0 Å². The Morgan fingerprint density at radius 2 is 1.96 bits per heavy atom. The van der Waals surface area contributed by atoms with E-state index in [1.54, 1.807) is 18.2 Å². The molecule has 24 heavy (non-hydrogen) atoms. The lowest BCUT2D eigenvalue weighted by atomic mass is 10.1. The van der Waals surface area contributed by atoms with E-state index in [1.807, 2.05) is 0 Å². The first-order chi connectivity index (χ1) is 11.7. The van der Waals surface area contributed by atoms with Crippen LogP contribution in [0.3, 0.4) is 0 Å². The van der Waals surface area contributed by atoms with Crippen LogP contribution in [0.1, 0.15) is 48.9 Å². The molecule has 1 aromatic carbocycles. The van der Waals surface area contributed by atoms with E-state index in [9.17, 15) is 9.59 Å². The first-order valence-electron chi connectivity index (χ1n) is 8.80. The fourth-order valence-electron chi connectivity index (χ4n) is 3.26. The van der Waals surface area contributed by atoms with Crippen LogP contribution in [0.15, 0.2) is 18.2 Å². The third kappa shape index (κ3) is 4.47. The Kier molecular flexibility index (Phi) is 5.69. The molecular formula is C18H25N3O3. The summed E-state index contributed by atoms with van der Waals surface area (Å²) in [4.78, 5) is 23.6. The molecule has 6 heteroatoms. The fraction of sp³-hybridized carbons (Fsp3) is 0.556. The summed E-state index contributed by atoms with van der Waals surface area (Å²) < 4.78 is 5.29. The van der Waals surface area contributed by atoms with Gasteiger partial charge in [-0.3, -0.25) is 9.59 Å². The maximum absolute atomic E-state index is 12.2. The fourth-order valence-corrected chi connectivity index (χ4v) is 3.26. The molecule has 0 bridgehead atoms. The third-order valence-corrected chi connectivity index (χ3v) is 4.57. The summed E-state index contributed by atoms with van der Waals surface area (Å²) in [5, 5.41) is 9.16. The van der Waals surface area contributed by atoms with Crippen LogP contribution in [0.2, 0.25) is 0 Å². The highest BCUT2D eigenvalue weighted by Crippen LogP contribution is 2.28. The van der Waals surface area contributed by atoms with Crippen molar-refractivity contribution < 1.29 is 14.3 Å². The summed E-state index contributed by atoms with van der Waals surface area (Å²) in [6.45, 7) is 1.39. The number of hydrogen-bond donors (Lipinski definition) is 3. The van der Waals surface area contributed by atoms with E-state index in [0.717, 1.165) is 6.54 Å². The second kappa shape index (κ2) is 8.15. The Morgan fingerprint density at radius 3 is 2.75 bits per heavy atom. The standard InChI is InChI=1S/C18H25N3O3/c22-17-12-24-16-8-7-13(11-15(16)21-17)18(23)20-10-9-19-14-5-3-1-2-4-6-14/h7-8,11,14,19H,1-6,9-10,12H2,(H,20,23)(H,21,22). The smallest absolute Gasteiger partial charge is 0.262 e. The number of carbonyl (C=O) groups excluding carboxylic acids is 2. The molecule has 1 aromatic rings. The second-order valence-corrected chi connectivity index (χ2v) is 6.45. The van der Waals surface area contributed by atoms with Gasteiger partial charge in [0.05, 0.1) is 5.69 Å². The lowest BCUT2D eigenvalue weighted by Crippen LogP contribution is -2.37. The first kappa shape index (κ1) is 16.8. The van der Waals surface area contributed by atoms with Crippen LogP contribution in [0.25, 0.3) is 0 Å². The molecule has 3 N–H and O–H groups in total. The summed E-state index contributed by atoms with van der Waals surface area (Å²) in [5.41, 5.74) is 1.07. The number of amides is 2. The molecule has 0 unspecified atom stereocenters. The molecule has 0 aromatic heterocycles. The zero-order chi connectivity index (χ0) is 16.8. The highest BCUT2D eigenvalue weighted by atomic mass is 16.5. The molecule has 0 atom stereocenters. The van der Waals surface area contributed by atoms with Crippen LogP contribution in [0, 0.1) is 0 Å². The van der Waals surface area contributed by atoms with Crippen molar-refractivity contribution in [3.63, 3.8) is 0 Å². The number of nitrogens with one attached hydrogen (secondary N) is 3. The van der Waals surface area contributed by atoms with Gasteiger partial charge < -0.3 is 20.7 Å². The van der Waals surface area contributed by atoms with Gasteiger partial charge in [-0.1, -0.05) is 25.7 Å². The van der Waals surface area contributed by atoms with Crippen molar-refractivity contribution in [2.75, 3.05) is 25.0 Å². The maximum Gasteiger partial charge on any atom is 0.262 e. The molecule has 0 radical (unpaired) electrons. The second-order valence-electron chi connectivity index (χ2n) is 6.45. The number of hydrogen-bond acceptors (Lipinski definition) is 4. The monoisotopic (exact) mass is 331 g/mol. The Morgan fingerprint density at radius 1 is 1.17 bits per heavy atom. The van der Waals surface area contributed by atoms with Crippen molar-refractivity contribution in [1.82, 2.24) is 10.6 Å². The number of rotatable bonds is 5. The van der Waals surface area contributed by atoms with Gasteiger partial charge in [0.15, 0.2) is 6.61 Å². The molecule has 1 fully saturated rings. The molecule has 2 amide bonds. The van der Waals surface area contributed by atoms with Crippen LogP contribution in [-0.4, -0.2) is 37.6 Å². The molecule has 2 aliphatic rings. The van der Waals surface area contributed by atoms with Crippen molar-refractivity contribution in [3.05, 3.63) is 23.8 Å². The predicted octanol–water partition coefficient (Wildman–Crippen LogP) is 2.06. The Balaban J connectivity index is 1.45. The molecule has 0 saturated heterocycles. The Labute approximate surface area is 142 Å². The van der Waals surface area contributed by atoms with E-state index in [4.69, 9.17) is 4.74 Å². The lowest BCUT2D eigenvalue weighted by molar-refractivity contribution is -0.118. The topological polar surface area (TPSA) is 79.5 Å². The van der Waals surface area contributed by atoms with Crippen LogP contribution < -0.4 is 20.7 Å². The zero-order valence-corrected chi connectivity index (χ0v) is 13.9. The third-order valence-electron chi connectivity index (χ3n) is 4.57. The summed E-state index contributed by atoms with van der Waals surface area (Å²) in [5.74, 6) is 0.258. The van der Waals surface area contributed by atoms with E-state index in [0.29, 0.717) is 29.6 Å². The minimum atomic E-state index is -0.201. The number of ether oxygens (including phenoxy) is 1. The molecule has 1 heterocycles. The minimum Gasteiger partial charge on any atom is -0.482 e. The van der Waals surface area contributed by atoms with Gasteiger partial charge in [0.2, 0.25) is 0 Å². The summed E-state index contributed by atoms with van der Waals surface area (Å²) >= 11 is 0. The summed E-state index contributed by atoms with van der Waals surface area (Å²) in [6.07, 6.45) is 7.75. The number of anilines is 1. The number of fused-ring (bicyclic) bond motifs is 1. The van der Waals surface area contributed by atoms with Crippen LogP contribution in [0.4, 0.5) is 5.69 Å². The lowest BCUT2D eigenvalue weighted by Gasteiger charge is -2.18. The maximum atomic E-state index is 12.2. The highest BCUT2D eigenvalue weighted by molar-refractivity contribution is 5.99. The summed E-state index contributed by atoms with van der Waals surface area (Å²) in [6, 6.07) is 5.67. The summed E-state index contributed by atoms with van der Waals surface area (Å²) in [7, 11) is 0. The van der Waals surface area contributed by atoms with Crippen molar-refractivity contribution in [2.24, 2.45) is 0 Å². The van der Waals surface area contributed by atoms with Gasteiger partial charge in [-0.05, 0) is 31.0 Å². The van der Waals surface area contributed by atoms with E-state index < -0.39 is 0 Å². The molecule has 1 aliphatic carbocycles. The Hall–Kier alpha value is -2.08.